The topological polar surface area (TPSA) is 55.1 Å². The van der Waals surface area contributed by atoms with Crippen LogP contribution < -0.4 is 11.1 Å². The first-order valence-electron chi connectivity index (χ1n) is 6.64. The Kier molecular flexibility index (Phi) is 3.66. The summed E-state index contributed by atoms with van der Waals surface area (Å²) in [7, 11) is 0. The van der Waals surface area contributed by atoms with Crippen molar-refractivity contribution in [1.82, 2.24) is 0 Å². The number of nitrogen functional groups attached to an aromatic ring is 1. The summed E-state index contributed by atoms with van der Waals surface area (Å²) in [5.74, 6) is 0.734. The predicted molar refractivity (Wildman–Crippen MR) is 78.6 cm³/mol. The molecule has 18 heavy (non-hydrogen) atoms. The van der Waals surface area contributed by atoms with E-state index < -0.39 is 0 Å². The summed E-state index contributed by atoms with van der Waals surface area (Å²) in [6, 6.07) is 0.363. The molecular formula is C14H22N2OS. The van der Waals surface area contributed by atoms with E-state index in [9.17, 15) is 4.79 Å². The average Bonchev–Trinajstić information content (AvgIpc) is 3.03. The van der Waals surface area contributed by atoms with Gasteiger partial charge in [-0.3, -0.25) is 4.79 Å². The number of rotatable bonds is 5. The van der Waals surface area contributed by atoms with Gasteiger partial charge in [-0.1, -0.05) is 13.8 Å². The van der Waals surface area contributed by atoms with Gasteiger partial charge in [-0.2, -0.15) is 0 Å². The molecule has 0 aliphatic heterocycles. The van der Waals surface area contributed by atoms with E-state index in [1.807, 2.05) is 13.8 Å². The van der Waals surface area contributed by atoms with Gasteiger partial charge in [-0.05, 0) is 32.6 Å². The molecule has 2 rings (SSSR count). The fraction of sp³-hybridized carbons (Fsp3) is 0.643. The summed E-state index contributed by atoms with van der Waals surface area (Å²) in [6.45, 7) is 8.06. The summed E-state index contributed by atoms with van der Waals surface area (Å²) in [5, 5.41) is 4.54. The van der Waals surface area contributed by atoms with Crippen LogP contribution in [-0.4, -0.2) is 11.8 Å². The fourth-order valence-electron chi connectivity index (χ4n) is 2.05. The number of hydrogen-bond donors (Lipinski definition) is 2. The van der Waals surface area contributed by atoms with Crippen LogP contribution >= 0.6 is 11.3 Å². The van der Waals surface area contributed by atoms with Crippen molar-refractivity contribution >= 4 is 27.8 Å². The molecule has 1 heterocycles. The quantitative estimate of drug-likeness (QED) is 0.795. The number of ketones is 1. The Balaban J connectivity index is 2.40. The highest BCUT2D eigenvalue weighted by Gasteiger charge is 2.33. The second-order valence-corrected chi connectivity index (χ2v) is 6.70. The van der Waals surface area contributed by atoms with Crippen LogP contribution in [0.25, 0.3) is 0 Å². The molecule has 3 nitrogen and oxygen atoms in total. The van der Waals surface area contributed by atoms with E-state index >= 15 is 0 Å². The van der Waals surface area contributed by atoms with Crippen molar-refractivity contribution in [1.29, 1.82) is 0 Å². The second-order valence-electron chi connectivity index (χ2n) is 5.68. The molecule has 0 saturated heterocycles. The maximum absolute atomic E-state index is 12.2. The molecule has 0 unspecified atom stereocenters. The van der Waals surface area contributed by atoms with E-state index in [-0.39, 0.29) is 11.7 Å². The number of Topliss-reactive ketones (excluding diaryl/α,β-unsaturated/α-hetero) is 1. The van der Waals surface area contributed by atoms with E-state index in [4.69, 9.17) is 5.73 Å². The van der Waals surface area contributed by atoms with Crippen molar-refractivity contribution in [3.05, 3.63) is 10.4 Å². The molecular weight excluding hydrogens is 244 g/mol. The molecule has 0 atom stereocenters. The first-order valence-corrected chi connectivity index (χ1v) is 7.46. The maximum atomic E-state index is 12.2. The highest BCUT2D eigenvalue weighted by molar-refractivity contribution is 7.18. The van der Waals surface area contributed by atoms with Crippen molar-refractivity contribution in [2.75, 3.05) is 11.1 Å². The number of carbonyl (C=O) groups is 1. The molecule has 1 aliphatic rings. The number of hydrogen-bond acceptors (Lipinski definition) is 4. The van der Waals surface area contributed by atoms with E-state index in [0.717, 1.165) is 15.6 Å². The van der Waals surface area contributed by atoms with Gasteiger partial charge in [0, 0.05) is 17.5 Å². The Hall–Kier alpha value is -1.03. The van der Waals surface area contributed by atoms with Crippen molar-refractivity contribution in [3.8, 4) is 0 Å². The third-order valence-electron chi connectivity index (χ3n) is 3.14. The molecule has 0 radical (unpaired) electrons. The summed E-state index contributed by atoms with van der Waals surface area (Å²) in [4.78, 5) is 12.9. The Morgan fingerprint density at radius 3 is 2.39 bits per heavy atom. The molecule has 0 spiro atoms. The summed E-state index contributed by atoms with van der Waals surface area (Å²) in [5.41, 5.74) is 8.13. The number of carbonyl (C=O) groups excluding carboxylic acids is 1. The summed E-state index contributed by atoms with van der Waals surface area (Å²) >= 11 is 1.53. The molecule has 0 aromatic carbocycles. The van der Waals surface area contributed by atoms with E-state index in [1.54, 1.807) is 0 Å². The zero-order valence-corrected chi connectivity index (χ0v) is 12.4. The minimum Gasteiger partial charge on any atom is -0.397 e. The standard InChI is InChI=1S/C14H22N2OS/c1-7(2)12(17)13-11(15)10(9-5-6-9)14(18-13)16-8(3)4/h7-9,16H,5-6,15H2,1-4H3. The van der Waals surface area contributed by atoms with Gasteiger partial charge < -0.3 is 11.1 Å². The van der Waals surface area contributed by atoms with Crippen molar-refractivity contribution in [2.45, 2.75) is 52.5 Å². The Bertz CT molecular complexity index is 459. The van der Waals surface area contributed by atoms with Gasteiger partial charge in [0.1, 0.15) is 0 Å². The first kappa shape index (κ1) is 13.4. The lowest BCUT2D eigenvalue weighted by atomic mass is 10.0. The Morgan fingerprint density at radius 1 is 1.33 bits per heavy atom. The van der Waals surface area contributed by atoms with Crippen LogP contribution in [0.15, 0.2) is 0 Å². The van der Waals surface area contributed by atoms with Crippen molar-refractivity contribution < 1.29 is 4.79 Å². The van der Waals surface area contributed by atoms with Crippen LogP contribution in [0.1, 0.15) is 61.7 Å². The van der Waals surface area contributed by atoms with Gasteiger partial charge in [0.15, 0.2) is 5.78 Å². The van der Waals surface area contributed by atoms with Gasteiger partial charge in [-0.15, -0.1) is 11.3 Å². The fourth-order valence-corrected chi connectivity index (χ4v) is 3.49. The molecule has 0 bridgehead atoms. The third-order valence-corrected chi connectivity index (χ3v) is 4.30. The minimum atomic E-state index is 0.00454. The molecule has 1 aliphatic carbocycles. The van der Waals surface area contributed by atoms with Gasteiger partial charge in [0.25, 0.3) is 0 Å². The Labute approximate surface area is 113 Å². The lowest BCUT2D eigenvalue weighted by Gasteiger charge is -2.10. The van der Waals surface area contributed by atoms with Crippen LogP contribution in [-0.2, 0) is 0 Å². The number of thiophene rings is 1. The molecule has 1 aromatic rings. The zero-order chi connectivity index (χ0) is 13.4. The number of anilines is 2. The third kappa shape index (κ3) is 2.53. The molecule has 4 heteroatoms. The van der Waals surface area contributed by atoms with Crippen LogP contribution in [0.3, 0.4) is 0 Å². The number of nitrogens with one attached hydrogen (secondary N) is 1. The van der Waals surface area contributed by atoms with Gasteiger partial charge >= 0.3 is 0 Å². The van der Waals surface area contributed by atoms with Gasteiger partial charge in [0.05, 0.1) is 15.6 Å². The molecule has 3 N–H and O–H groups in total. The number of nitrogens with two attached hydrogens (primary N) is 1. The average molecular weight is 266 g/mol. The lowest BCUT2D eigenvalue weighted by molar-refractivity contribution is 0.0944. The smallest absolute Gasteiger partial charge is 0.177 e. The normalized spacial score (nSPS) is 15.4. The Morgan fingerprint density at radius 2 is 1.94 bits per heavy atom. The molecule has 1 aromatic heterocycles. The summed E-state index contributed by atoms with van der Waals surface area (Å²) in [6.07, 6.45) is 2.39. The summed E-state index contributed by atoms with van der Waals surface area (Å²) < 4.78 is 0. The van der Waals surface area contributed by atoms with Crippen molar-refractivity contribution in [3.63, 3.8) is 0 Å². The zero-order valence-electron chi connectivity index (χ0n) is 11.5. The SMILES string of the molecule is CC(C)Nc1sc(C(=O)C(C)C)c(N)c1C1CC1. The van der Waals surface area contributed by atoms with Gasteiger partial charge in [0.2, 0.25) is 0 Å². The van der Waals surface area contributed by atoms with E-state index in [2.05, 4.69) is 19.2 Å². The van der Waals surface area contributed by atoms with Crippen LogP contribution in [0.2, 0.25) is 0 Å². The highest BCUT2D eigenvalue weighted by atomic mass is 32.1. The first-order chi connectivity index (χ1) is 8.41. The molecule has 1 fully saturated rings. The lowest BCUT2D eigenvalue weighted by Crippen LogP contribution is -2.09. The van der Waals surface area contributed by atoms with E-state index in [0.29, 0.717) is 12.0 Å². The maximum Gasteiger partial charge on any atom is 0.177 e. The van der Waals surface area contributed by atoms with Crippen LogP contribution in [0.4, 0.5) is 10.7 Å². The molecule has 1 saturated carbocycles. The molecule has 0 amide bonds. The highest BCUT2D eigenvalue weighted by Crippen LogP contribution is 2.51. The monoisotopic (exact) mass is 266 g/mol. The van der Waals surface area contributed by atoms with E-state index in [1.165, 1.54) is 29.7 Å². The van der Waals surface area contributed by atoms with Crippen LogP contribution in [0, 0.1) is 5.92 Å². The minimum absolute atomic E-state index is 0.00454. The molecule has 100 valence electrons. The largest absolute Gasteiger partial charge is 0.397 e. The van der Waals surface area contributed by atoms with Crippen molar-refractivity contribution in [2.24, 2.45) is 5.92 Å². The van der Waals surface area contributed by atoms with Crippen LogP contribution in [0.5, 0.6) is 0 Å². The predicted octanol–water partition coefficient (Wildman–Crippen LogP) is 3.87. The van der Waals surface area contributed by atoms with Gasteiger partial charge in [-0.25, -0.2) is 0 Å². The second kappa shape index (κ2) is 4.92.